The number of nitrogens with zero attached hydrogens (tertiary/aromatic N) is 2. The summed E-state index contributed by atoms with van der Waals surface area (Å²) in [4.78, 5) is 27.0. The van der Waals surface area contributed by atoms with Gasteiger partial charge in [-0.25, -0.2) is 8.42 Å². The predicted molar refractivity (Wildman–Crippen MR) is 133 cm³/mol. The number of nitrogens with one attached hydrogen (secondary N) is 1. The van der Waals surface area contributed by atoms with E-state index in [0.717, 1.165) is 17.3 Å². The molecule has 3 aromatic rings. The van der Waals surface area contributed by atoms with E-state index in [1.54, 1.807) is 56.6 Å². The molecule has 3 aromatic carbocycles. The first-order valence-electron chi connectivity index (χ1n) is 10.0. The van der Waals surface area contributed by atoms with E-state index in [4.69, 9.17) is 0 Å². The maximum absolute atomic E-state index is 13.1. The van der Waals surface area contributed by atoms with Crippen molar-refractivity contribution in [2.75, 3.05) is 30.8 Å². The molecule has 0 aromatic heterocycles. The number of amides is 2. The summed E-state index contributed by atoms with van der Waals surface area (Å²) in [5.41, 5.74) is 2.20. The molecule has 0 radical (unpaired) electrons. The number of rotatable bonds is 6. The Morgan fingerprint density at radius 2 is 1.55 bits per heavy atom. The average molecular weight is 484 g/mol. The van der Waals surface area contributed by atoms with Crippen LogP contribution in [0.4, 0.5) is 16.2 Å². The maximum Gasteiger partial charge on any atom is 0.286 e. The summed E-state index contributed by atoms with van der Waals surface area (Å²) in [7, 11) is 0.904. The zero-order valence-corrected chi connectivity index (χ0v) is 20.4. The third kappa shape index (κ3) is 5.74. The van der Waals surface area contributed by atoms with Crippen LogP contribution < -0.4 is 9.62 Å². The lowest BCUT2D eigenvalue weighted by molar-refractivity contribution is 0.102. The molecule has 3 rings (SSSR count). The Hall–Kier alpha value is -3.30. The van der Waals surface area contributed by atoms with Crippen molar-refractivity contribution in [1.82, 2.24) is 4.90 Å². The fourth-order valence-electron chi connectivity index (χ4n) is 2.89. The van der Waals surface area contributed by atoms with E-state index < -0.39 is 15.9 Å². The van der Waals surface area contributed by atoms with Crippen LogP contribution in [0.2, 0.25) is 0 Å². The molecule has 0 aliphatic heterocycles. The first-order valence-corrected chi connectivity index (χ1v) is 12.3. The second-order valence-corrected chi connectivity index (χ2v) is 10.5. The van der Waals surface area contributed by atoms with Crippen LogP contribution in [-0.4, -0.2) is 45.6 Å². The SMILES string of the molecule is Cc1ccc(N(C)S(=O)(=O)c2cccc(C(=O)Nc3ccccc3SC(=O)N(C)C)c2)cc1. The molecule has 172 valence electrons. The van der Waals surface area contributed by atoms with Crippen molar-refractivity contribution in [2.45, 2.75) is 16.7 Å². The molecule has 0 bridgehead atoms. The van der Waals surface area contributed by atoms with Gasteiger partial charge in [0.1, 0.15) is 0 Å². The van der Waals surface area contributed by atoms with E-state index in [-0.39, 0.29) is 15.7 Å². The molecule has 0 fully saturated rings. The van der Waals surface area contributed by atoms with Crippen molar-refractivity contribution in [3.8, 4) is 0 Å². The quantitative estimate of drug-likeness (QED) is 0.507. The van der Waals surface area contributed by atoms with Crippen LogP contribution in [0.5, 0.6) is 0 Å². The number of carbonyl (C=O) groups excluding carboxylic acids is 2. The molecule has 1 N–H and O–H groups in total. The number of sulfonamides is 1. The summed E-state index contributed by atoms with van der Waals surface area (Å²) in [5.74, 6) is -0.476. The van der Waals surface area contributed by atoms with Gasteiger partial charge in [0.15, 0.2) is 0 Å². The molecule has 0 saturated heterocycles. The Balaban J connectivity index is 1.85. The summed E-state index contributed by atoms with van der Waals surface area (Å²) in [6.45, 7) is 1.92. The molecule has 33 heavy (non-hydrogen) atoms. The van der Waals surface area contributed by atoms with Gasteiger partial charge in [-0.15, -0.1) is 0 Å². The number of hydrogen-bond acceptors (Lipinski definition) is 5. The molecule has 2 amide bonds. The first kappa shape index (κ1) is 24.3. The van der Waals surface area contributed by atoms with Crippen LogP contribution in [0.25, 0.3) is 0 Å². The van der Waals surface area contributed by atoms with Crippen molar-refractivity contribution in [3.63, 3.8) is 0 Å². The fourth-order valence-corrected chi connectivity index (χ4v) is 4.88. The highest BCUT2D eigenvalue weighted by Gasteiger charge is 2.23. The molecular formula is C24H25N3O4S2. The van der Waals surface area contributed by atoms with Crippen LogP contribution in [0.1, 0.15) is 15.9 Å². The Kier molecular flexibility index (Phi) is 7.45. The summed E-state index contributed by atoms with van der Waals surface area (Å²) < 4.78 is 27.5. The van der Waals surface area contributed by atoms with Gasteiger partial charge in [-0.1, -0.05) is 35.9 Å². The normalized spacial score (nSPS) is 11.0. The lowest BCUT2D eigenvalue weighted by Gasteiger charge is -2.20. The summed E-state index contributed by atoms with van der Waals surface area (Å²) in [5, 5.41) is 2.60. The molecule has 0 saturated carbocycles. The van der Waals surface area contributed by atoms with Crippen molar-refractivity contribution in [1.29, 1.82) is 0 Å². The van der Waals surface area contributed by atoms with E-state index in [2.05, 4.69) is 5.32 Å². The van der Waals surface area contributed by atoms with E-state index in [9.17, 15) is 18.0 Å². The molecule has 7 nitrogen and oxygen atoms in total. The Morgan fingerprint density at radius 1 is 0.879 bits per heavy atom. The average Bonchev–Trinajstić information content (AvgIpc) is 2.80. The van der Waals surface area contributed by atoms with Gasteiger partial charge in [-0.3, -0.25) is 13.9 Å². The second kappa shape index (κ2) is 10.1. The van der Waals surface area contributed by atoms with Crippen LogP contribution in [0, 0.1) is 6.92 Å². The molecule has 0 atom stereocenters. The number of benzene rings is 3. The molecule has 0 heterocycles. The van der Waals surface area contributed by atoms with Crippen molar-refractivity contribution >= 4 is 44.3 Å². The van der Waals surface area contributed by atoms with Gasteiger partial charge in [0.05, 0.1) is 16.3 Å². The topological polar surface area (TPSA) is 86.8 Å². The molecular weight excluding hydrogens is 458 g/mol. The van der Waals surface area contributed by atoms with E-state index in [1.807, 2.05) is 19.1 Å². The standard InChI is InChI=1S/C24H25N3O4S2/c1-17-12-14-19(15-13-17)27(4)33(30,31)20-9-7-8-18(16-20)23(28)25-21-10-5-6-11-22(21)32-24(29)26(2)3/h5-16H,1-4H3,(H,25,28). The third-order valence-corrected chi connectivity index (χ3v) is 7.75. The van der Waals surface area contributed by atoms with Crippen molar-refractivity contribution in [2.24, 2.45) is 0 Å². The van der Waals surface area contributed by atoms with Crippen molar-refractivity contribution in [3.05, 3.63) is 83.9 Å². The van der Waals surface area contributed by atoms with Crippen LogP contribution in [-0.2, 0) is 10.0 Å². The molecule has 9 heteroatoms. The number of aryl methyl sites for hydroxylation is 1. The Labute approximate surface area is 198 Å². The van der Waals surface area contributed by atoms with Gasteiger partial charge in [-0.2, -0.15) is 0 Å². The summed E-state index contributed by atoms with van der Waals surface area (Å²) in [6.07, 6.45) is 0. The third-order valence-electron chi connectivity index (χ3n) is 4.85. The van der Waals surface area contributed by atoms with Crippen LogP contribution in [0.15, 0.2) is 82.6 Å². The van der Waals surface area contributed by atoms with Crippen LogP contribution in [0.3, 0.4) is 0 Å². The minimum absolute atomic E-state index is 0.00340. The van der Waals surface area contributed by atoms with E-state index in [0.29, 0.717) is 16.3 Å². The second-order valence-electron chi connectivity index (χ2n) is 7.55. The number of anilines is 2. The Morgan fingerprint density at radius 3 is 2.21 bits per heavy atom. The lowest BCUT2D eigenvalue weighted by Crippen LogP contribution is -2.26. The minimum atomic E-state index is -3.87. The number of thioether (sulfide) groups is 1. The van der Waals surface area contributed by atoms with Gasteiger partial charge in [0.2, 0.25) is 0 Å². The fraction of sp³-hybridized carbons (Fsp3) is 0.167. The lowest BCUT2D eigenvalue weighted by atomic mass is 10.2. The zero-order chi connectivity index (χ0) is 24.2. The Bertz CT molecular complexity index is 1270. The van der Waals surface area contributed by atoms with E-state index in [1.165, 1.54) is 34.5 Å². The molecule has 0 spiro atoms. The number of hydrogen-bond donors (Lipinski definition) is 1. The summed E-state index contributed by atoms with van der Waals surface area (Å²) in [6, 6.07) is 19.9. The largest absolute Gasteiger partial charge is 0.339 e. The number of carbonyl (C=O) groups is 2. The highest BCUT2D eigenvalue weighted by atomic mass is 32.2. The van der Waals surface area contributed by atoms with Crippen LogP contribution >= 0.6 is 11.8 Å². The first-order chi connectivity index (χ1) is 15.6. The molecule has 0 unspecified atom stereocenters. The molecule has 0 aliphatic carbocycles. The molecule has 0 aliphatic rings. The highest BCUT2D eigenvalue weighted by molar-refractivity contribution is 8.13. The highest BCUT2D eigenvalue weighted by Crippen LogP contribution is 2.29. The predicted octanol–water partition coefficient (Wildman–Crippen LogP) is 4.85. The van der Waals surface area contributed by atoms with Gasteiger partial charge >= 0.3 is 0 Å². The number of para-hydroxylation sites is 1. The smallest absolute Gasteiger partial charge is 0.286 e. The van der Waals surface area contributed by atoms with Gasteiger partial charge in [0, 0.05) is 31.6 Å². The zero-order valence-electron chi connectivity index (χ0n) is 18.8. The minimum Gasteiger partial charge on any atom is -0.339 e. The monoisotopic (exact) mass is 483 g/mol. The van der Waals surface area contributed by atoms with Gasteiger partial charge in [-0.05, 0) is 61.2 Å². The van der Waals surface area contributed by atoms with Gasteiger partial charge < -0.3 is 10.2 Å². The van der Waals surface area contributed by atoms with Crippen molar-refractivity contribution < 1.29 is 18.0 Å². The van der Waals surface area contributed by atoms with E-state index >= 15 is 0 Å². The van der Waals surface area contributed by atoms with Gasteiger partial charge in [0.25, 0.3) is 21.2 Å². The maximum atomic E-state index is 13.1. The summed E-state index contributed by atoms with van der Waals surface area (Å²) >= 11 is 0.995.